The van der Waals surface area contributed by atoms with Gasteiger partial charge in [0.25, 0.3) is 5.91 Å². The lowest BCUT2D eigenvalue weighted by Crippen LogP contribution is -2.29. The van der Waals surface area contributed by atoms with Crippen LogP contribution in [0.2, 0.25) is 0 Å². The van der Waals surface area contributed by atoms with E-state index in [9.17, 15) is 9.59 Å². The van der Waals surface area contributed by atoms with Crippen LogP contribution in [-0.2, 0) is 6.54 Å². The van der Waals surface area contributed by atoms with Crippen molar-refractivity contribution in [2.45, 2.75) is 13.5 Å². The molecule has 0 aliphatic rings. The zero-order valence-electron chi connectivity index (χ0n) is 20.5. The number of carbonyl (C=O) groups excluding carboxylic acids is 1. The van der Waals surface area contributed by atoms with E-state index in [4.69, 9.17) is 9.97 Å². The molecule has 0 radical (unpaired) electrons. The van der Waals surface area contributed by atoms with Crippen LogP contribution in [0.25, 0.3) is 44.6 Å². The number of rotatable bonds is 5. The highest BCUT2D eigenvalue weighted by Crippen LogP contribution is 2.31. The van der Waals surface area contributed by atoms with Crippen molar-refractivity contribution in [1.82, 2.24) is 30.2 Å². The fourth-order valence-electron chi connectivity index (χ4n) is 4.38. The van der Waals surface area contributed by atoms with Crippen LogP contribution >= 0.6 is 0 Å². The minimum Gasteiger partial charge on any atom is -0.346 e. The summed E-state index contributed by atoms with van der Waals surface area (Å²) in [4.78, 5) is 47.8. The minimum absolute atomic E-state index is 0.0411. The van der Waals surface area contributed by atoms with Crippen molar-refractivity contribution < 1.29 is 4.79 Å². The molecular formula is C30H22N6O2. The summed E-state index contributed by atoms with van der Waals surface area (Å²) in [5.74, 6) is -0.510. The Kier molecular flexibility index (Phi) is 5.89. The number of H-pyrrole nitrogens is 1. The number of pyridine rings is 3. The molecular weight excluding hydrogens is 476 g/mol. The second kappa shape index (κ2) is 9.67. The Morgan fingerprint density at radius 2 is 1.71 bits per heavy atom. The highest BCUT2D eigenvalue weighted by molar-refractivity contribution is 5.97. The summed E-state index contributed by atoms with van der Waals surface area (Å²) in [5, 5.41) is 3.72. The first-order chi connectivity index (χ1) is 18.6. The van der Waals surface area contributed by atoms with Crippen molar-refractivity contribution in [2.75, 3.05) is 0 Å². The monoisotopic (exact) mass is 498 g/mol. The van der Waals surface area contributed by atoms with Gasteiger partial charge < -0.3 is 10.3 Å². The normalized spacial score (nSPS) is 11.1. The van der Waals surface area contributed by atoms with Gasteiger partial charge in [-0.05, 0) is 37.3 Å². The van der Waals surface area contributed by atoms with E-state index in [1.54, 1.807) is 6.20 Å². The van der Waals surface area contributed by atoms with Crippen LogP contribution in [-0.4, -0.2) is 30.8 Å². The molecule has 6 aromatic rings. The Morgan fingerprint density at radius 1 is 0.868 bits per heavy atom. The van der Waals surface area contributed by atoms with Gasteiger partial charge in [-0.3, -0.25) is 19.6 Å². The minimum atomic E-state index is -0.510. The molecule has 0 bridgehead atoms. The number of carbonyl (C=O) groups is 1. The first-order valence-corrected chi connectivity index (χ1v) is 12.1. The fraction of sp³-hybridized carbons (Fsp3) is 0.0667. The zero-order valence-corrected chi connectivity index (χ0v) is 20.5. The number of amides is 1. The third-order valence-electron chi connectivity index (χ3n) is 6.25. The van der Waals surface area contributed by atoms with Gasteiger partial charge in [-0.25, -0.2) is 9.97 Å². The Hall–Kier alpha value is -5.24. The SMILES string of the molecule is Cc1cccc(CNC(=O)c2c[nH]c3nc(-c4ccccc4)c(-c4ccc5ncccc5c4)nc3c2=O)n1. The maximum atomic E-state index is 13.5. The number of aromatic amines is 1. The lowest BCUT2D eigenvalue weighted by molar-refractivity contribution is 0.0949. The molecule has 0 fully saturated rings. The first-order valence-electron chi connectivity index (χ1n) is 12.1. The van der Waals surface area contributed by atoms with Crippen LogP contribution in [0.1, 0.15) is 21.7 Å². The van der Waals surface area contributed by atoms with E-state index < -0.39 is 11.3 Å². The molecule has 0 spiro atoms. The van der Waals surface area contributed by atoms with E-state index in [2.05, 4.69) is 20.3 Å². The van der Waals surface area contributed by atoms with Gasteiger partial charge in [0.1, 0.15) is 5.56 Å². The highest BCUT2D eigenvalue weighted by atomic mass is 16.2. The van der Waals surface area contributed by atoms with Crippen molar-refractivity contribution in [3.63, 3.8) is 0 Å². The zero-order chi connectivity index (χ0) is 26.1. The lowest BCUT2D eigenvalue weighted by atomic mass is 10.0. The average Bonchev–Trinajstić information content (AvgIpc) is 2.96. The summed E-state index contributed by atoms with van der Waals surface area (Å²) < 4.78 is 0. The van der Waals surface area contributed by atoms with Gasteiger partial charge in [-0.2, -0.15) is 0 Å². The van der Waals surface area contributed by atoms with E-state index in [0.717, 1.165) is 27.7 Å². The highest BCUT2D eigenvalue weighted by Gasteiger charge is 2.19. The van der Waals surface area contributed by atoms with E-state index in [1.165, 1.54) is 6.20 Å². The number of fused-ring (bicyclic) bond motifs is 2. The Morgan fingerprint density at radius 3 is 2.55 bits per heavy atom. The Bertz CT molecular complexity index is 1880. The largest absolute Gasteiger partial charge is 0.346 e. The topological polar surface area (TPSA) is 114 Å². The summed E-state index contributed by atoms with van der Waals surface area (Å²) in [6.45, 7) is 2.08. The standard InChI is InChI=1S/C30H22N6O2/c1-18-7-5-11-22(34-18)16-33-30(38)23-17-32-29-27(28(23)37)35-26(25(36-29)19-8-3-2-4-9-19)21-12-13-24-20(15-21)10-6-14-31-24/h2-15,17H,16H2,1H3,(H,33,38)(H,32,36,37). The Balaban J connectivity index is 1.46. The van der Waals surface area contributed by atoms with Crippen LogP contribution < -0.4 is 10.7 Å². The first kappa shape index (κ1) is 23.2. The predicted octanol–water partition coefficient (Wildman–Crippen LogP) is 4.83. The predicted molar refractivity (Wildman–Crippen MR) is 146 cm³/mol. The molecule has 0 aliphatic heterocycles. The molecule has 0 atom stereocenters. The smallest absolute Gasteiger partial charge is 0.257 e. The molecule has 0 saturated carbocycles. The van der Waals surface area contributed by atoms with Crippen LogP contribution in [0.4, 0.5) is 0 Å². The summed E-state index contributed by atoms with van der Waals surface area (Å²) in [6, 6.07) is 24.9. The molecule has 0 aliphatic carbocycles. The van der Waals surface area contributed by atoms with Gasteiger partial charge >= 0.3 is 0 Å². The van der Waals surface area contributed by atoms with E-state index in [0.29, 0.717) is 22.7 Å². The maximum absolute atomic E-state index is 13.5. The third-order valence-corrected chi connectivity index (χ3v) is 6.25. The quantitative estimate of drug-likeness (QED) is 0.352. The molecule has 38 heavy (non-hydrogen) atoms. The van der Waals surface area contributed by atoms with Gasteiger partial charge in [0, 0.05) is 34.6 Å². The van der Waals surface area contributed by atoms with E-state index in [-0.39, 0.29) is 17.6 Å². The molecule has 0 saturated heterocycles. The molecule has 8 nitrogen and oxygen atoms in total. The molecule has 0 unspecified atom stereocenters. The number of benzene rings is 2. The van der Waals surface area contributed by atoms with Gasteiger partial charge in [0.2, 0.25) is 5.43 Å². The number of aryl methyl sites for hydroxylation is 1. The second-order valence-corrected chi connectivity index (χ2v) is 8.88. The molecule has 184 valence electrons. The number of aromatic nitrogens is 5. The number of nitrogens with one attached hydrogen (secondary N) is 2. The number of hydrogen-bond donors (Lipinski definition) is 2. The Labute approximate surface area is 217 Å². The van der Waals surface area contributed by atoms with Crippen LogP contribution in [0.3, 0.4) is 0 Å². The van der Waals surface area contributed by atoms with Crippen molar-refractivity contribution in [1.29, 1.82) is 0 Å². The van der Waals surface area contributed by atoms with Crippen LogP contribution in [0.15, 0.2) is 96.1 Å². The third kappa shape index (κ3) is 4.39. The van der Waals surface area contributed by atoms with Gasteiger partial charge in [-0.1, -0.05) is 48.5 Å². The molecule has 6 rings (SSSR count). The van der Waals surface area contributed by atoms with Crippen molar-refractivity contribution in [3.8, 4) is 22.5 Å². The van der Waals surface area contributed by atoms with Crippen LogP contribution in [0, 0.1) is 6.92 Å². The molecule has 2 aromatic carbocycles. The summed E-state index contributed by atoms with van der Waals surface area (Å²) in [5.41, 5.74) is 5.08. The molecule has 4 aromatic heterocycles. The second-order valence-electron chi connectivity index (χ2n) is 8.88. The van der Waals surface area contributed by atoms with E-state index >= 15 is 0 Å². The maximum Gasteiger partial charge on any atom is 0.257 e. The van der Waals surface area contributed by atoms with E-state index in [1.807, 2.05) is 85.8 Å². The summed E-state index contributed by atoms with van der Waals surface area (Å²) in [7, 11) is 0. The number of nitrogens with zero attached hydrogens (tertiary/aromatic N) is 4. The number of hydrogen-bond acceptors (Lipinski definition) is 6. The van der Waals surface area contributed by atoms with Gasteiger partial charge in [-0.15, -0.1) is 0 Å². The lowest BCUT2D eigenvalue weighted by Gasteiger charge is -2.12. The van der Waals surface area contributed by atoms with Crippen molar-refractivity contribution >= 4 is 28.0 Å². The van der Waals surface area contributed by atoms with Gasteiger partial charge in [0.15, 0.2) is 11.2 Å². The molecule has 2 N–H and O–H groups in total. The molecule has 1 amide bonds. The molecule has 8 heteroatoms. The van der Waals surface area contributed by atoms with Crippen molar-refractivity contribution in [3.05, 3.63) is 118 Å². The molecule has 4 heterocycles. The van der Waals surface area contributed by atoms with Gasteiger partial charge in [0.05, 0.1) is 29.1 Å². The fourth-order valence-corrected chi connectivity index (χ4v) is 4.38. The summed E-state index contributed by atoms with van der Waals surface area (Å²) >= 11 is 0. The van der Waals surface area contributed by atoms with Crippen molar-refractivity contribution in [2.24, 2.45) is 0 Å². The average molecular weight is 499 g/mol. The van der Waals surface area contributed by atoms with Crippen LogP contribution in [0.5, 0.6) is 0 Å². The summed E-state index contributed by atoms with van der Waals surface area (Å²) in [6.07, 6.45) is 3.13.